The fourth-order valence-corrected chi connectivity index (χ4v) is 2.01. The number of hydrogen-bond acceptors (Lipinski definition) is 4. The highest BCUT2D eigenvalue weighted by Crippen LogP contribution is 2.16. The summed E-state index contributed by atoms with van der Waals surface area (Å²) in [6.45, 7) is 2.18. The molecule has 1 aromatic carbocycles. The number of nitrogens with zero attached hydrogens (tertiary/aromatic N) is 1. The van der Waals surface area contributed by atoms with E-state index in [1.165, 1.54) is 4.90 Å². The number of nitrogens with one attached hydrogen (secondary N) is 1. The summed E-state index contributed by atoms with van der Waals surface area (Å²) in [6, 6.07) is 6.89. The molecule has 0 spiro atoms. The summed E-state index contributed by atoms with van der Waals surface area (Å²) in [5, 5.41) is 21.5. The maximum absolute atomic E-state index is 11.9. The van der Waals surface area contributed by atoms with E-state index in [0.717, 1.165) is 5.56 Å². The number of carbonyl (C=O) groups is 1. The fourth-order valence-electron chi connectivity index (χ4n) is 2.01. The monoisotopic (exact) mass is 265 g/mol. The van der Waals surface area contributed by atoms with Crippen LogP contribution in [0.15, 0.2) is 24.3 Å². The second-order valence-corrected chi connectivity index (χ2v) is 4.88. The molecule has 3 unspecified atom stereocenters. The van der Waals surface area contributed by atoms with Crippen molar-refractivity contribution in [2.24, 2.45) is 5.73 Å². The van der Waals surface area contributed by atoms with E-state index in [0.29, 0.717) is 5.69 Å². The van der Waals surface area contributed by atoms with Crippen molar-refractivity contribution >= 4 is 11.7 Å². The first kappa shape index (κ1) is 13.8. The molecular formula is C13H19N3O3. The van der Waals surface area contributed by atoms with E-state index in [4.69, 9.17) is 5.73 Å². The molecule has 1 aromatic rings. The maximum atomic E-state index is 11.9. The van der Waals surface area contributed by atoms with Gasteiger partial charge in [0.25, 0.3) is 0 Å². The van der Waals surface area contributed by atoms with Gasteiger partial charge in [-0.3, -0.25) is 0 Å². The molecule has 1 fully saturated rings. The Bertz CT molecular complexity index is 437. The Kier molecular flexibility index (Phi) is 4.04. The van der Waals surface area contributed by atoms with Crippen molar-refractivity contribution in [3.05, 3.63) is 29.8 Å². The molecule has 1 aliphatic heterocycles. The predicted octanol–water partition coefficient (Wildman–Crippen LogP) is 0.276. The van der Waals surface area contributed by atoms with Crippen LogP contribution in [0.25, 0.3) is 0 Å². The molecule has 0 radical (unpaired) electrons. The molecule has 19 heavy (non-hydrogen) atoms. The van der Waals surface area contributed by atoms with Crippen molar-refractivity contribution in [1.82, 2.24) is 4.90 Å². The van der Waals surface area contributed by atoms with Gasteiger partial charge in [-0.05, 0) is 24.6 Å². The summed E-state index contributed by atoms with van der Waals surface area (Å²) in [4.78, 5) is 13.3. The van der Waals surface area contributed by atoms with E-state index in [2.05, 4.69) is 5.32 Å². The Morgan fingerprint density at radius 1 is 1.32 bits per heavy atom. The first-order chi connectivity index (χ1) is 8.97. The number of aliphatic hydroxyl groups is 2. The van der Waals surface area contributed by atoms with E-state index >= 15 is 0 Å². The second-order valence-electron chi connectivity index (χ2n) is 4.88. The van der Waals surface area contributed by atoms with Crippen LogP contribution in [0.2, 0.25) is 0 Å². The van der Waals surface area contributed by atoms with E-state index in [1.807, 2.05) is 19.1 Å². The van der Waals surface area contributed by atoms with Crippen LogP contribution < -0.4 is 11.1 Å². The summed E-state index contributed by atoms with van der Waals surface area (Å²) >= 11 is 0. The average molecular weight is 265 g/mol. The predicted molar refractivity (Wildman–Crippen MR) is 71.6 cm³/mol. The van der Waals surface area contributed by atoms with Crippen molar-refractivity contribution in [2.75, 3.05) is 18.4 Å². The Morgan fingerprint density at radius 3 is 2.32 bits per heavy atom. The van der Waals surface area contributed by atoms with Crippen LogP contribution in [0.5, 0.6) is 0 Å². The molecule has 1 saturated heterocycles. The number of anilines is 1. The highest BCUT2D eigenvalue weighted by molar-refractivity contribution is 5.89. The van der Waals surface area contributed by atoms with E-state index < -0.39 is 12.2 Å². The first-order valence-electron chi connectivity index (χ1n) is 6.25. The zero-order valence-corrected chi connectivity index (χ0v) is 10.8. The summed E-state index contributed by atoms with van der Waals surface area (Å²) in [6.07, 6.45) is -1.74. The molecule has 1 heterocycles. The fraction of sp³-hybridized carbons (Fsp3) is 0.462. The zero-order chi connectivity index (χ0) is 14.0. The molecule has 6 nitrogen and oxygen atoms in total. The number of β-amino-alcohol motifs (C(OH)–C–C–N with tert-alkyl or cyclic N) is 2. The van der Waals surface area contributed by atoms with Gasteiger partial charge in [-0.2, -0.15) is 0 Å². The van der Waals surface area contributed by atoms with Crippen molar-refractivity contribution in [3.63, 3.8) is 0 Å². The number of urea groups is 1. The number of carbonyl (C=O) groups excluding carboxylic acids is 1. The number of benzene rings is 1. The average Bonchev–Trinajstić information content (AvgIpc) is 2.70. The standard InChI is InChI=1S/C13H19N3O3/c1-8(14)9-2-4-10(5-3-9)15-13(19)16-6-11(17)12(18)7-16/h2-5,8,11-12,17-18H,6-7,14H2,1H3,(H,15,19). The summed E-state index contributed by atoms with van der Waals surface area (Å²) in [5.74, 6) is 0. The van der Waals surface area contributed by atoms with Crippen LogP contribution in [-0.4, -0.2) is 46.4 Å². The topological polar surface area (TPSA) is 98.8 Å². The Labute approximate surface area is 111 Å². The molecule has 3 atom stereocenters. The minimum absolute atomic E-state index is 0.0476. The zero-order valence-electron chi connectivity index (χ0n) is 10.8. The van der Waals surface area contributed by atoms with Crippen molar-refractivity contribution in [3.8, 4) is 0 Å². The van der Waals surface area contributed by atoms with Crippen LogP contribution in [0.4, 0.5) is 10.5 Å². The third-order valence-electron chi connectivity index (χ3n) is 3.23. The third kappa shape index (κ3) is 3.23. The number of likely N-dealkylation sites (tertiary alicyclic amines) is 1. The molecule has 0 aromatic heterocycles. The minimum atomic E-state index is -0.869. The number of hydrogen-bond donors (Lipinski definition) is 4. The van der Waals surface area contributed by atoms with Crippen molar-refractivity contribution in [1.29, 1.82) is 0 Å². The Hall–Kier alpha value is -1.63. The Balaban J connectivity index is 1.96. The van der Waals surface area contributed by atoms with Crippen molar-refractivity contribution < 1.29 is 15.0 Å². The van der Waals surface area contributed by atoms with Crippen LogP contribution in [0.3, 0.4) is 0 Å². The first-order valence-corrected chi connectivity index (χ1v) is 6.25. The van der Waals surface area contributed by atoms with Gasteiger partial charge in [0.15, 0.2) is 0 Å². The van der Waals surface area contributed by atoms with Gasteiger partial charge in [0.05, 0.1) is 25.3 Å². The van der Waals surface area contributed by atoms with E-state index in [9.17, 15) is 15.0 Å². The maximum Gasteiger partial charge on any atom is 0.322 e. The normalized spacial score (nSPS) is 24.3. The third-order valence-corrected chi connectivity index (χ3v) is 3.23. The highest BCUT2D eigenvalue weighted by Gasteiger charge is 2.32. The van der Waals surface area contributed by atoms with Gasteiger partial charge in [0, 0.05) is 11.7 Å². The molecule has 2 rings (SSSR count). The minimum Gasteiger partial charge on any atom is -0.388 e. The number of rotatable bonds is 2. The number of nitrogens with two attached hydrogens (primary N) is 1. The lowest BCUT2D eigenvalue weighted by Crippen LogP contribution is -2.33. The smallest absolute Gasteiger partial charge is 0.322 e. The molecule has 2 amide bonds. The second kappa shape index (κ2) is 5.56. The van der Waals surface area contributed by atoms with Crippen LogP contribution in [0.1, 0.15) is 18.5 Å². The van der Waals surface area contributed by atoms with Gasteiger partial charge in [-0.25, -0.2) is 4.79 Å². The van der Waals surface area contributed by atoms with Gasteiger partial charge in [0.2, 0.25) is 0 Å². The van der Waals surface area contributed by atoms with E-state index in [-0.39, 0.29) is 25.2 Å². The number of aliphatic hydroxyl groups excluding tert-OH is 2. The molecule has 6 heteroatoms. The van der Waals surface area contributed by atoms with Crippen molar-refractivity contribution in [2.45, 2.75) is 25.2 Å². The van der Waals surface area contributed by atoms with Crippen LogP contribution in [0, 0.1) is 0 Å². The molecule has 0 aliphatic carbocycles. The molecule has 0 saturated carbocycles. The molecule has 104 valence electrons. The summed E-state index contributed by atoms with van der Waals surface area (Å²) in [5.41, 5.74) is 7.39. The molecule has 0 bridgehead atoms. The molecule has 5 N–H and O–H groups in total. The number of amides is 2. The molecular weight excluding hydrogens is 246 g/mol. The quantitative estimate of drug-likeness (QED) is 0.617. The lowest BCUT2D eigenvalue weighted by molar-refractivity contribution is 0.0572. The van der Waals surface area contributed by atoms with Gasteiger partial charge >= 0.3 is 6.03 Å². The lowest BCUT2D eigenvalue weighted by Gasteiger charge is -2.16. The summed E-state index contributed by atoms with van der Waals surface area (Å²) < 4.78 is 0. The largest absolute Gasteiger partial charge is 0.388 e. The van der Waals surface area contributed by atoms with Gasteiger partial charge < -0.3 is 26.2 Å². The highest BCUT2D eigenvalue weighted by atomic mass is 16.3. The van der Waals surface area contributed by atoms with Gasteiger partial charge in [0.1, 0.15) is 0 Å². The SMILES string of the molecule is CC(N)c1ccc(NC(=O)N2CC(O)C(O)C2)cc1. The van der Waals surface area contributed by atoms with Gasteiger partial charge in [-0.15, -0.1) is 0 Å². The molecule has 1 aliphatic rings. The van der Waals surface area contributed by atoms with Crippen LogP contribution >= 0.6 is 0 Å². The lowest BCUT2D eigenvalue weighted by atomic mass is 10.1. The summed E-state index contributed by atoms with van der Waals surface area (Å²) in [7, 11) is 0. The van der Waals surface area contributed by atoms with E-state index in [1.54, 1.807) is 12.1 Å². The van der Waals surface area contributed by atoms with Crippen LogP contribution in [-0.2, 0) is 0 Å². The van der Waals surface area contributed by atoms with Gasteiger partial charge in [-0.1, -0.05) is 12.1 Å². The Morgan fingerprint density at radius 2 is 1.84 bits per heavy atom.